The van der Waals surface area contributed by atoms with Gasteiger partial charge in [0.05, 0.1) is 11.6 Å². The number of nitrogens with one attached hydrogen (secondary N) is 2. The van der Waals surface area contributed by atoms with Crippen molar-refractivity contribution >= 4 is 29.1 Å². The van der Waals surface area contributed by atoms with E-state index < -0.39 is 0 Å². The Balaban J connectivity index is 2.01. The van der Waals surface area contributed by atoms with E-state index in [9.17, 15) is 4.79 Å². The number of carbonyl (C=O) groups is 1. The first kappa shape index (κ1) is 19.1. The van der Waals surface area contributed by atoms with Gasteiger partial charge >= 0.3 is 0 Å². The van der Waals surface area contributed by atoms with E-state index in [1.165, 1.54) is 0 Å². The topological polar surface area (TPSA) is 70.4 Å². The van der Waals surface area contributed by atoms with Crippen LogP contribution >= 0.6 is 12.2 Å². The Morgan fingerprint density at radius 3 is 2.63 bits per heavy atom. The Hall–Kier alpha value is -2.67. The van der Waals surface area contributed by atoms with Gasteiger partial charge in [0.25, 0.3) is 5.91 Å². The van der Waals surface area contributed by atoms with Crippen molar-refractivity contribution in [3.05, 3.63) is 59.0 Å². The predicted octanol–water partition coefficient (Wildman–Crippen LogP) is 3.78. The number of aromatic nitrogens is 1. The lowest BCUT2D eigenvalue weighted by Gasteiger charge is -2.38. The van der Waals surface area contributed by atoms with E-state index >= 15 is 0 Å². The molecule has 1 aliphatic heterocycles. The van der Waals surface area contributed by atoms with Crippen molar-refractivity contribution in [1.82, 2.24) is 15.4 Å². The molecule has 0 saturated heterocycles. The molecule has 1 aromatic carbocycles. The number of nitrogens with zero attached hydrogens (tertiary/aromatic N) is 2. The first-order valence-electron chi connectivity index (χ1n) is 8.95. The summed E-state index contributed by atoms with van der Waals surface area (Å²) in [4.78, 5) is 15.1. The monoisotopic (exact) mass is 384 g/mol. The van der Waals surface area contributed by atoms with Gasteiger partial charge in [0.2, 0.25) is 0 Å². The third-order valence-electron chi connectivity index (χ3n) is 4.39. The molecule has 2 N–H and O–H groups in total. The molecule has 3 rings (SSSR count). The fourth-order valence-corrected chi connectivity index (χ4v) is 3.49. The van der Waals surface area contributed by atoms with Gasteiger partial charge < -0.3 is 20.1 Å². The lowest BCUT2D eigenvalue weighted by Crippen LogP contribution is -2.49. The van der Waals surface area contributed by atoms with Gasteiger partial charge in [-0.15, -0.1) is 0 Å². The number of allylic oxidation sites excluding steroid dienone is 1. The highest BCUT2D eigenvalue weighted by atomic mass is 32.1. The van der Waals surface area contributed by atoms with E-state index in [0.29, 0.717) is 28.2 Å². The van der Waals surface area contributed by atoms with Crippen LogP contribution in [0.5, 0.6) is 0 Å². The number of carbonyl (C=O) groups excluding carboxylic acids is 1. The Kier molecular flexibility index (Phi) is 5.60. The Morgan fingerprint density at radius 1 is 1.33 bits per heavy atom. The minimum Gasteiger partial charge on any atom is -0.360 e. The van der Waals surface area contributed by atoms with Crippen LogP contribution in [0.3, 0.4) is 0 Å². The van der Waals surface area contributed by atoms with Gasteiger partial charge in [-0.3, -0.25) is 4.79 Å². The first-order chi connectivity index (χ1) is 12.9. The zero-order valence-electron chi connectivity index (χ0n) is 15.9. The summed E-state index contributed by atoms with van der Waals surface area (Å²) in [7, 11) is 0. The third-order valence-corrected chi connectivity index (χ3v) is 4.73. The summed E-state index contributed by atoms with van der Waals surface area (Å²) in [5.74, 6) is 1.21. The number of hydrogen-bond acceptors (Lipinski definition) is 4. The van der Waals surface area contributed by atoms with Gasteiger partial charge in [0.1, 0.15) is 5.76 Å². The maximum Gasteiger partial charge on any atom is 0.257 e. The molecule has 7 heteroatoms. The van der Waals surface area contributed by atoms with Crippen LogP contribution in [0.1, 0.15) is 38.1 Å². The van der Waals surface area contributed by atoms with E-state index in [0.717, 1.165) is 17.8 Å². The molecule has 1 aliphatic rings. The van der Waals surface area contributed by atoms with Gasteiger partial charge in [-0.25, -0.2) is 0 Å². The maximum absolute atomic E-state index is 13.1. The Labute approximate surface area is 164 Å². The van der Waals surface area contributed by atoms with Crippen LogP contribution in [-0.2, 0) is 4.79 Å². The number of rotatable bonds is 5. The zero-order chi connectivity index (χ0) is 19.6. The predicted molar refractivity (Wildman–Crippen MR) is 109 cm³/mol. The molecule has 0 fully saturated rings. The zero-order valence-corrected chi connectivity index (χ0v) is 16.8. The second-order valence-corrected chi connectivity index (χ2v) is 7.46. The van der Waals surface area contributed by atoms with Gasteiger partial charge in [0, 0.05) is 18.3 Å². The second-order valence-electron chi connectivity index (χ2n) is 7.07. The van der Waals surface area contributed by atoms with Crippen LogP contribution in [0, 0.1) is 12.8 Å². The quantitative estimate of drug-likeness (QED) is 0.765. The summed E-state index contributed by atoms with van der Waals surface area (Å²) in [6.07, 6.45) is 0. The molecule has 27 heavy (non-hydrogen) atoms. The van der Waals surface area contributed by atoms with E-state index in [1.54, 1.807) is 13.0 Å². The smallest absolute Gasteiger partial charge is 0.257 e. The largest absolute Gasteiger partial charge is 0.360 e. The molecule has 0 spiro atoms. The number of thiocarbonyl (C=S) groups is 1. The standard InChI is InChI=1S/C20H24N4O2S/c1-12(2)11-24-14(4)17(19(25)21-16-10-13(3)26-23-16)18(22-20(24)27)15-8-6-5-7-9-15/h5-10,12,18H,11H2,1-4H3,(H,22,27)(H,21,23,25)/t18-/m0/s1. The van der Waals surface area contributed by atoms with Crippen molar-refractivity contribution in [3.8, 4) is 0 Å². The van der Waals surface area contributed by atoms with Crippen LogP contribution in [0.25, 0.3) is 0 Å². The molecule has 0 radical (unpaired) electrons. The van der Waals surface area contributed by atoms with Gasteiger partial charge in [-0.2, -0.15) is 0 Å². The number of hydrogen-bond donors (Lipinski definition) is 2. The van der Waals surface area contributed by atoms with Crippen LogP contribution in [0.4, 0.5) is 5.82 Å². The molecule has 0 saturated carbocycles. The van der Waals surface area contributed by atoms with Crippen molar-refractivity contribution in [2.24, 2.45) is 5.92 Å². The van der Waals surface area contributed by atoms with Crippen molar-refractivity contribution in [3.63, 3.8) is 0 Å². The molecule has 142 valence electrons. The molecule has 1 atom stereocenters. The lowest BCUT2D eigenvalue weighted by atomic mass is 9.94. The highest BCUT2D eigenvalue weighted by Gasteiger charge is 2.34. The maximum atomic E-state index is 13.1. The molecule has 2 heterocycles. The van der Waals surface area contributed by atoms with Gasteiger partial charge in [-0.05, 0) is 37.5 Å². The highest BCUT2D eigenvalue weighted by molar-refractivity contribution is 7.80. The fraction of sp³-hybridized carbons (Fsp3) is 0.350. The summed E-state index contributed by atoms with van der Waals surface area (Å²) < 4.78 is 5.05. The van der Waals surface area contributed by atoms with Crippen molar-refractivity contribution in [2.45, 2.75) is 33.7 Å². The first-order valence-corrected chi connectivity index (χ1v) is 9.36. The summed E-state index contributed by atoms with van der Waals surface area (Å²) >= 11 is 5.59. The third kappa shape index (κ3) is 4.19. The van der Waals surface area contributed by atoms with E-state index in [2.05, 4.69) is 29.6 Å². The van der Waals surface area contributed by atoms with Crippen molar-refractivity contribution < 1.29 is 9.32 Å². The summed E-state index contributed by atoms with van der Waals surface area (Å²) in [6, 6.07) is 11.2. The number of benzene rings is 1. The lowest BCUT2D eigenvalue weighted by molar-refractivity contribution is -0.113. The average Bonchev–Trinajstić information content (AvgIpc) is 3.03. The van der Waals surface area contributed by atoms with Crippen LogP contribution in [0.15, 0.2) is 52.2 Å². The van der Waals surface area contributed by atoms with Crippen molar-refractivity contribution in [1.29, 1.82) is 0 Å². The summed E-state index contributed by atoms with van der Waals surface area (Å²) in [6.45, 7) is 8.70. The van der Waals surface area contributed by atoms with Crippen LogP contribution in [0.2, 0.25) is 0 Å². The number of amides is 1. The molecule has 0 unspecified atom stereocenters. The highest BCUT2D eigenvalue weighted by Crippen LogP contribution is 2.31. The SMILES string of the molecule is CC1=C(C(=O)Nc2cc(C)on2)[C@H](c2ccccc2)NC(=S)N1CC(C)C. The van der Waals surface area contributed by atoms with E-state index in [4.69, 9.17) is 16.7 Å². The van der Waals surface area contributed by atoms with Crippen molar-refractivity contribution in [2.75, 3.05) is 11.9 Å². The Bertz CT molecular complexity index is 873. The molecule has 1 amide bonds. The van der Waals surface area contributed by atoms with Gasteiger partial charge in [0.15, 0.2) is 10.9 Å². The van der Waals surface area contributed by atoms with Crippen LogP contribution in [-0.4, -0.2) is 27.6 Å². The number of anilines is 1. The fourth-order valence-electron chi connectivity index (χ4n) is 3.17. The molecular weight excluding hydrogens is 360 g/mol. The summed E-state index contributed by atoms with van der Waals surface area (Å²) in [5, 5.41) is 10.7. The minimum atomic E-state index is -0.324. The molecule has 0 aliphatic carbocycles. The van der Waals surface area contributed by atoms with E-state index in [1.807, 2.05) is 42.2 Å². The Morgan fingerprint density at radius 2 is 2.04 bits per heavy atom. The summed E-state index contributed by atoms with van der Waals surface area (Å²) in [5.41, 5.74) is 2.44. The van der Waals surface area contributed by atoms with Crippen LogP contribution < -0.4 is 10.6 Å². The minimum absolute atomic E-state index is 0.224. The normalized spacial score (nSPS) is 17.3. The van der Waals surface area contributed by atoms with E-state index in [-0.39, 0.29) is 11.9 Å². The molecule has 1 aromatic heterocycles. The molecular formula is C20H24N4O2S. The number of aryl methyl sites for hydroxylation is 1. The van der Waals surface area contributed by atoms with Gasteiger partial charge in [-0.1, -0.05) is 49.3 Å². The second kappa shape index (κ2) is 7.92. The molecule has 0 bridgehead atoms. The molecule has 6 nitrogen and oxygen atoms in total. The molecule has 2 aromatic rings. The average molecular weight is 385 g/mol.